The van der Waals surface area contributed by atoms with Gasteiger partial charge in [0.25, 0.3) is 0 Å². The number of hydrogen-bond donors (Lipinski definition) is 0. The smallest absolute Gasteiger partial charge is 0.223 e. The van der Waals surface area contributed by atoms with Crippen molar-refractivity contribution in [2.24, 2.45) is 0 Å². The molecular weight excluding hydrogens is 440 g/mol. The van der Waals surface area contributed by atoms with Gasteiger partial charge in [0.05, 0.1) is 13.7 Å². The second-order valence-electron chi connectivity index (χ2n) is 8.15. The Morgan fingerprint density at radius 3 is 2.00 bits per heavy atom. The third kappa shape index (κ3) is 10.00. The summed E-state index contributed by atoms with van der Waals surface area (Å²) in [6, 6.07) is 6.35. The largest absolute Gasteiger partial charge is 0.480 e. The molecule has 0 aliphatic rings. The van der Waals surface area contributed by atoms with Gasteiger partial charge in [-0.25, -0.2) is 8.78 Å². The zero-order valence-electron chi connectivity index (χ0n) is 20.2. The Morgan fingerprint density at radius 2 is 1.44 bits per heavy atom. The van der Waals surface area contributed by atoms with E-state index in [0.717, 1.165) is 44.1 Å². The Labute approximate surface area is 201 Å². The summed E-state index contributed by atoms with van der Waals surface area (Å²) in [5.74, 6) is -0.821. The zero-order chi connectivity index (χ0) is 24.6. The number of rotatable bonds is 17. The normalized spacial score (nSPS) is 11.5. The summed E-state index contributed by atoms with van der Waals surface area (Å²) in [6.07, 6.45) is 12.7. The lowest BCUT2D eigenvalue weighted by atomic mass is 10.0. The number of halogens is 2. The fourth-order valence-electron chi connectivity index (χ4n) is 3.62. The summed E-state index contributed by atoms with van der Waals surface area (Å²) >= 11 is 0. The third-order valence-corrected chi connectivity index (χ3v) is 5.43. The van der Waals surface area contributed by atoms with E-state index in [0.29, 0.717) is 24.3 Å². The number of aromatic nitrogens is 1. The van der Waals surface area contributed by atoms with Crippen LogP contribution in [0.4, 0.5) is 8.78 Å². The van der Waals surface area contributed by atoms with Crippen molar-refractivity contribution in [3.8, 4) is 11.8 Å². The molecule has 0 aliphatic carbocycles. The lowest BCUT2D eigenvalue weighted by Crippen LogP contribution is -2.01. The first kappa shape index (κ1) is 27.4. The number of methoxy groups -OCH3 is 2. The highest BCUT2D eigenvalue weighted by atomic mass is 19.1. The molecule has 0 atom stereocenters. The summed E-state index contributed by atoms with van der Waals surface area (Å²) in [5, 5.41) is 0. The van der Waals surface area contributed by atoms with Crippen molar-refractivity contribution in [1.29, 1.82) is 0 Å². The van der Waals surface area contributed by atoms with Crippen LogP contribution in [-0.2, 0) is 9.53 Å². The molecule has 0 bridgehead atoms. The summed E-state index contributed by atoms with van der Waals surface area (Å²) < 4.78 is 43.2. The lowest BCUT2D eigenvalue weighted by molar-refractivity contribution is -0.103. The van der Waals surface area contributed by atoms with Crippen LogP contribution in [0.3, 0.4) is 0 Å². The maximum absolute atomic E-state index is 13.5. The molecule has 0 N–H and O–H groups in total. The number of aldehydes is 1. The van der Waals surface area contributed by atoms with Crippen LogP contribution in [0, 0.1) is 11.6 Å². The molecular formula is C27H35F2NO4. The molecule has 2 aromatic rings. The second-order valence-corrected chi connectivity index (χ2v) is 8.15. The fourth-order valence-corrected chi connectivity index (χ4v) is 3.62. The Bertz CT molecular complexity index is 897. The van der Waals surface area contributed by atoms with Gasteiger partial charge in [0.15, 0.2) is 6.29 Å². The van der Waals surface area contributed by atoms with Gasteiger partial charge in [-0.3, -0.25) is 4.79 Å². The van der Waals surface area contributed by atoms with E-state index < -0.39 is 11.6 Å². The molecule has 7 heteroatoms. The maximum atomic E-state index is 13.5. The van der Waals surface area contributed by atoms with Gasteiger partial charge in [0.2, 0.25) is 11.8 Å². The molecule has 0 aliphatic heterocycles. The molecule has 0 saturated heterocycles. The van der Waals surface area contributed by atoms with Gasteiger partial charge >= 0.3 is 0 Å². The van der Waals surface area contributed by atoms with E-state index in [1.807, 2.05) is 0 Å². The number of carbonyl (C=O) groups excluding carboxylic acids is 1. The summed E-state index contributed by atoms with van der Waals surface area (Å²) in [7, 11) is 3.21. The average Bonchev–Trinajstić information content (AvgIpc) is 2.83. The highest BCUT2D eigenvalue weighted by molar-refractivity contribution is 6.13. The van der Waals surface area contributed by atoms with Crippen LogP contribution in [0.1, 0.15) is 68.9 Å². The number of benzene rings is 1. The Morgan fingerprint density at radius 1 is 0.853 bits per heavy atom. The van der Waals surface area contributed by atoms with Gasteiger partial charge in [0, 0.05) is 37.0 Å². The van der Waals surface area contributed by atoms with E-state index in [1.165, 1.54) is 51.7 Å². The van der Waals surface area contributed by atoms with Crippen LogP contribution in [0.25, 0.3) is 11.6 Å². The van der Waals surface area contributed by atoms with Crippen molar-refractivity contribution >= 4 is 17.9 Å². The van der Waals surface area contributed by atoms with Gasteiger partial charge < -0.3 is 14.2 Å². The molecule has 1 aromatic heterocycles. The molecule has 186 valence electrons. The molecule has 5 nitrogen and oxygen atoms in total. The predicted octanol–water partition coefficient (Wildman–Crippen LogP) is 6.64. The van der Waals surface area contributed by atoms with Gasteiger partial charge in [0.1, 0.15) is 11.6 Å². The number of carbonyl (C=O) groups is 1. The van der Waals surface area contributed by atoms with E-state index in [-0.39, 0.29) is 17.0 Å². The van der Waals surface area contributed by atoms with Crippen molar-refractivity contribution in [1.82, 2.24) is 4.98 Å². The molecule has 1 aromatic carbocycles. The molecule has 0 amide bonds. The van der Waals surface area contributed by atoms with E-state index in [9.17, 15) is 13.6 Å². The number of unbranched alkanes of at least 4 members (excludes halogenated alkanes) is 8. The monoisotopic (exact) mass is 475 g/mol. The van der Waals surface area contributed by atoms with Crippen molar-refractivity contribution in [2.45, 2.75) is 57.8 Å². The minimum atomic E-state index is -0.755. The molecule has 1 heterocycles. The molecule has 2 rings (SSSR count). The van der Waals surface area contributed by atoms with Gasteiger partial charge in [-0.2, -0.15) is 4.98 Å². The van der Waals surface area contributed by atoms with Crippen LogP contribution >= 0.6 is 0 Å². The van der Waals surface area contributed by atoms with Crippen molar-refractivity contribution in [3.05, 3.63) is 53.1 Å². The standard InChI is InChI=1S/C27H35F2NO4/c1-32-14-10-8-6-4-3-5-7-9-11-15-34-26-13-12-21(27(30-26)33-2)16-23(20-31)22-17-24(28)19-25(29)18-22/h12-13,16-20H,3-11,14-15H2,1-2H3/b23-16+. The van der Waals surface area contributed by atoms with Crippen molar-refractivity contribution in [3.63, 3.8) is 0 Å². The quantitative estimate of drug-likeness (QED) is 0.146. The van der Waals surface area contributed by atoms with Crippen LogP contribution in [-0.4, -0.2) is 38.7 Å². The van der Waals surface area contributed by atoms with Gasteiger partial charge in [-0.05, 0) is 42.7 Å². The molecule has 0 saturated carbocycles. The lowest BCUT2D eigenvalue weighted by Gasteiger charge is -2.10. The molecule has 0 unspecified atom stereocenters. The van der Waals surface area contributed by atoms with Crippen LogP contribution in [0.5, 0.6) is 11.8 Å². The Balaban J connectivity index is 1.79. The van der Waals surface area contributed by atoms with Crippen LogP contribution in [0.15, 0.2) is 30.3 Å². The van der Waals surface area contributed by atoms with Crippen molar-refractivity contribution < 1.29 is 27.8 Å². The first-order chi connectivity index (χ1) is 16.6. The predicted molar refractivity (Wildman–Crippen MR) is 130 cm³/mol. The topological polar surface area (TPSA) is 57.7 Å². The van der Waals surface area contributed by atoms with E-state index in [4.69, 9.17) is 14.2 Å². The van der Waals surface area contributed by atoms with E-state index in [1.54, 1.807) is 19.2 Å². The van der Waals surface area contributed by atoms with Crippen molar-refractivity contribution in [2.75, 3.05) is 27.4 Å². The number of allylic oxidation sites excluding steroid dienone is 1. The third-order valence-electron chi connectivity index (χ3n) is 5.43. The number of hydrogen-bond acceptors (Lipinski definition) is 5. The molecule has 0 radical (unpaired) electrons. The summed E-state index contributed by atoms with van der Waals surface area (Å²) in [5.41, 5.74) is 0.756. The van der Waals surface area contributed by atoms with E-state index in [2.05, 4.69) is 4.98 Å². The SMILES string of the molecule is COCCCCCCCCCCCOc1ccc(/C=C(\C=O)c2cc(F)cc(F)c2)c(OC)n1. The van der Waals surface area contributed by atoms with Crippen LogP contribution < -0.4 is 9.47 Å². The van der Waals surface area contributed by atoms with Gasteiger partial charge in [-0.15, -0.1) is 0 Å². The van der Waals surface area contributed by atoms with E-state index >= 15 is 0 Å². The molecule has 0 fully saturated rings. The average molecular weight is 476 g/mol. The first-order valence-electron chi connectivity index (χ1n) is 11.9. The maximum Gasteiger partial charge on any atom is 0.223 e. The highest BCUT2D eigenvalue weighted by Gasteiger charge is 2.10. The fraction of sp³-hybridized carbons (Fsp3) is 0.481. The first-order valence-corrected chi connectivity index (χ1v) is 11.9. The second kappa shape index (κ2) is 15.9. The zero-order valence-corrected chi connectivity index (χ0v) is 20.2. The number of nitrogens with zero attached hydrogens (tertiary/aromatic N) is 1. The Hall–Kier alpha value is -2.80. The number of ether oxygens (including phenoxy) is 3. The number of pyridine rings is 1. The molecule has 34 heavy (non-hydrogen) atoms. The summed E-state index contributed by atoms with van der Waals surface area (Å²) in [4.78, 5) is 15.9. The van der Waals surface area contributed by atoms with Crippen LogP contribution in [0.2, 0.25) is 0 Å². The highest BCUT2D eigenvalue weighted by Crippen LogP contribution is 2.26. The van der Waals surface area contributed by atoms with Gasteiger partial charge in [-0.1, -0.05) is 44.9 Å². The summed E-state index contributed by atoms with van der Waals surface area (Å²) in [6.45, 7) is 1.42. The molecule has 0 spiro atoms. The Kier molecular flexibility index (Phi) is 12.9. The minimum Gasteiger partial charge on any atom is -0.480 e. The minimum absolute atomic E-state index is 0.113.